The summed E-state index contributed by atoms with van der Waals surface area (Å²) in [7, 11) is 3.01. The van der Waals surface area contributed by atoms with Gasteiger partial charge in [-0.25, -0.2) is 9.59 Å². The third-order valence-electron chi connectivity index (χ3n) is 3.88. The van der Waals surface area contributed by atoms with Crippen LogP contribution in [0, 0.1) is 0 Å². The third-order valence-corrected chi connectivity index (χ3v) is 4.90. The topological polar surface area (TPSA) is 88.2 Å². The van der Waals surface area contributed by atoms with Crippen LogP contribution in [0.3, 0.4) is 0 Å². The second-order valence-electron chi connectivity index (χ2n) is 5.38. The van der Waals surface area contributed by atoms with Gasteiger partial charge in [0, 0.05) is 17.6 Å². The lowest BCUT2D eigenvalue weighted by Gasteiger charge is -2.26. The number of carbonyl (C=O) groups is 3. The second kappa shape index (κ2) is 6.60. The minimum atomic E-state index is -0.567. The number of alkyl carbamates (subject to hydrolysis) is 1. The number of carbonyl (C=O) groups excluding carboxylic acids is 3. The van der Waals surface area contributed by atoms with Crippen LogP contribution in [0.1, 0.15) is 0 Å². The first-order valence-electron chi connectivity index (χ1n) is 7.33. The molecule has 9 heteroatoms. The molecule has 0 spiro atoms. The van der Waals surface area contributed by atoms with Gasteiger partial charge >= 0.3 is 12.2 Å². The molecule has 1 atom stereocenters. The molecule has 0 bridgehead atoms. The van der Waals surface area contributed by atoms with Crippen molar-refractivity contribution in [2.75, 3.05) is 42.8 Å². The van der Waals surface area contributed by atoms with Gasteiger partial charge in [-0.2, -0.15) is 0 Å². The average Bonchev–Trinajstić information content (AvgIpc) is 2.96. The van der Waals surface area contributed by atoms with Gasteiger partial charge in [0.2, 0.25) is 5.91 Å². The summed E-state index contributed by atoms with van der Waals surface area (Å²) in [4.78, 5) is 39.0. The monoisotopic (exact) mass is 351 g/mol. The summed E-state index contributed by atoms with van der Waals surface area (Å²) < 4.78 is 9.74. The zero-order valence-corrected chi connectivity index (χ0v) is 14.1. The first-order chi connectivity index (χ1) is 11.5. The van der Waals surface area contributed by atoms with Crippen molar-refractivity contribution < 1.29 is 23.9 Å². The summed E-state index contributed by atoms with van der Waals surface area (Å²) in [5.74, 6) is 0.429. The lowest BCUT2D eigenvalue weighted by Crippen LogP contribution is -2.34. The van der Waals surface area contributed by atoms with E-state index >= 15 is 0 Å². The van der Waals surface area contributed by atoms with Gasteiger partial charge in [-0.3, -0.25) is 9.69 Å². The van der Waals surface area contributed by atoms with Gasteiger partial charge in [0.15, 0.2) is 0 Å². The number of anilines is 2. The Hall–Kier alpha value is -2.42. The number of ether oxygens (including phenoxy) is 2. The summed E-state index contributed by atoms with van der Waals surface area (Å²) >= 11 is 1.45. The highest BCUT2D eigenvalue weighted by Gasteiger charge is 2.33. The fourth-order valence-electron chi connectivity index (χ4n) is 2.54. The maximum atomic E-state index is 12.1. The molecule has 0 saturated carbocycles. The van der Waals surface area contributed by atoms with Crippen molar-refractivity contribution in [3.63, 3.8) is 0 Å². The van der Waals surface area contributed by atoms with E-state index in [0.29, 0.717) is 18.0 Å². The molecule has 1 saturated heterocycles. The van der Waals surface area contributed by atoms with Crippen molar-refractivity contribution in [3.8, 4) is 0 Å². The molecule has 0 aromatic heterocycles. The van der Waals surface area contributed by atoms with Crippen molar-refractivity contribution in [1.82, 2.24) is 5.32 Å². The van der Waals surface area contributed by atoms with Crippen LogP contribution in [-0.4, -0.2) is 57.2 Å². The SMILES string of the molecule is COC(=O)NC[C@H]1CN(c2ccc3c(c2)SCC(=O)N3C)C(=O)O1. The molecule has 1 aromatic carbocycles. The van der Waals surface area contributed by atoms with Crippen molar-refractivity contribution in [2.45, 2.75) is 11.0 Å². The van der Waals surface area contributed by atoms with Crippen LogP contribution < -0.4 is 15.1 Å². The zero-order chi connectivity index (χ0) is 17.3. The van der Waals surface area contributed by atoms with E-state index in [1.54, 1.807) is 18.0 Å². The van der Waals surface area contributed by atoms with Crippen molar-refractivity contribution >= 4 is 41.2 Å². The standard InChI is InChI=1S/C15H17N3O5S/c1-17-11-4-3-9(5-12(11)24-8-13(17)19)18-7-10(23-15(18)21)6-16-14(20)22-2/h3-5,10H,6-8H2,1-2H3,(H,16,20)/t10-/m0/s1. The number of rotatable bonds is 3. The Morgan fingerprint density at radius 3 is 3.00 bits per heavy atom. The smallest absolute Gasteiger partial charge is 0.414 e. The fourth-order valence-corrected chi connectivity index (χ4v) is 3.57. The minimum Gasteiger partial charge on any atom is -0.453 e. The molecule has 0 unspecified atom stereocenters. The molecule has 3 amide bonds. The summed E-state index contributed by atoms with van der Waals surface area (Å²) in [6, 6.07) is 5.48. The number of benzene rings is 1. The molecule has 24 heavy (non-hydrogen) atoms. The lowest BCUT2D eigenvalue weighted by atomic mass is 10.2. The van der Waals surface area contributed by atoms with Crippen LogP contribution in [0.4, 0.5) is 21.0 Å². The fraction of sp³-hybridized carbons (Fsp3) is 0.400. The van der Waals surface area contributed by atoms with E-state index in [1.165, 1.54) is 23.8 Å². The predicted molar refractivity (Wildman–Crippen MR) is 88.6 cm³/mol. The molecular formula is C15H17N3O5S. The number of methoxy groups -OCH3 is 1. The summed E-state index contributed by atoms with van der Waals surface area (Å²) in [6.07, 6.45) is -1.47. The molecule has 128 valence electrons. The summed E-state index contributed by atoms with van der Waals surface area (Å²) in [5, 5.41) is 2.51. The van der Waals surface area contributed by atoms with Gasteiger partial charge in [-0.1, -0.05) is 0 Å². The van der Waals surface area contributed by atoms with Crippen molar-refractivity contribution in [3.05, 3.63) is 18.2 Å². The van der Waals surface area contributed by atoms with E-state index in [9.17, 15) is 14.4 Å². The third kappa shape index (κ3) is 3.12. The van der Waals surface area contributed by atoms with Gasteiger partial charge in [0.1, 0.15) is 6.10 Å². The molecule has 2 heterocycles. The van der Waals surface area contributed by atoms with Crippen LogP contribution in [0.2, 0.25) is 0 Å². The highest BCUT2D eigenvalue weighted by molar-refractivity contribution is 8.00. The van der Waals surface area contributed by atoms with Crippen LogP contribution in [0.25, 0.3) is 0 Å². The number of cyclic esters (lactones) is 1. The molecule has 2 aliphatic rings. The van der Waals surface area contributed by atoms with E-state index in [4.69, 9.17) is 4.74 Å². The van der Waals surface area contributed by atoms with Crippen LogP contribution in [0.5, 0.6) is 0 Å². The Bertz CT molecular complexity index is 696. The van der Waals surface area contributed by atoms with E-state index in [-0.39, 0.29) is 12.5 Å². The largest absolute Gasteiger partial charge is 0.453 e. The number of hydrogen-bond donors (Lipinski definition) is 1. The number of nitrogens with zero attached hydrogens (tertiary/aromatic N) is 2. The quantitative estimate of drug-likeness (QED) is 0.886. The number of hydrogen-bond acceptors (Lipinski definition) is 6. The molecule has 8 nitrogen and oxygen atoms in total. The molecule has 1 aromatic rings. The van der Waals surface area contributed by atoms with Gasteiger partial charge < -0.3 is 19.7 Å². The maximum absolute atomic E-state index is 12.1. The highest BCUT2D eigenvalue weighted by Crippen LogP contribution is 2.37. The number of nitrogens with one attached hydrogen (secondary N) is 1. The molecule has 3 rings (SSSR count). The Morgan fingerprint density at radius 2 is 2.25 bits per heavy atom. The number of fused-ring (bicyclic) bond motifs is 1. The first kappa shape index (κ1) is 16.4. The maximum Gasteiger partial charge on any atom is 0.414 e. The highest BCUT2D eigenvalue weighted by atomic mass is 32.2. The van der Waals surface area contributed by atoms with Crippen LogP contribution in [0.15, 0.2) is 23.1 Å². The Labute approximate surface area is 143 Å². The molecular weight excluding hydrogens is 334 g/mol. The van der Waals surface area contributed by atoms with Gasteiger partial charge in [0.25, 0.3) is 0 Å². The van der Waals surface area contributed by atoms with Crippen molar-refractivity contribution in [1.29, 1.82) is 0 Å². The Kier molecular flexibility index (Phi) is 4.52. The Morgan fingerprint density at radius 1 is 1.46 bits per heavy atom. The van der Waals surface area contributed by atoms with E-state index in [2.05, 4.69) is 10.1 Å². The minimum absolute atomic E-state index is 0.0507. The first-order valence-corrected chi connectivity index (χ1v) is 8.31. The van der Waals surface area contributed by atoms with Crippen molar-refractivity contribution in [2.24, 2.45) is 0 Å². The average molecular weight is 351 g/mol. The van der Waals surface area contributed by atoms with Crippen LogP contribution in [-0.2, 0) is 14.3 Å². The summed E-state index contributed by atoms with van der Waals surface area (Å²) in [6.45, 7) is 0.521. The van der Waals surface area contributed by atoms with E-state index < -0.39 is 18.3 Å². The molecule has 1 N–H and O–H groups in total. The molecule has 1 fully saturated rings. The predicted octanol–water partition coefficient (Wildman–Crippen LogP) is 1.44. The second-order valence-corrected chi connectivity index (χ2v) is 6.40. The van der Waals surface area contributed by atoms with Crippen LogP contribution >= 0.6 is 11.8 Å². The molecule has 0 radical (unpaired) electrons. The molecule has 0 aliphatic carbocycles. The van der Waals surface area contributed by atoms with Gasteiger partial charge in [0.05, 0.1) is 31.6 Å². The normalized spacial score (nSPS) is 19.8. The number of thioether (sulfide) groups is 1. The van der Waals surface area contributed by atoms with E-state index in [1.807, 2.05) is 12.1 Å². The van der Waals surface area contributed by atoms with E-state index in [0.717, 1.165) is 10.6 Å². The van der Waals surface area contributed by atoms with Gasteiger partial charge in [-0.05, 0) is 18.2 Å². The number of amides is 3. The summed E-state index contributed by atoms with van der Waals surface area (Å²) in [5.41, 5.74) is 1.53. The molecule has 2 aliphatic heterocycles. The lowest BCUT2D eigenvalue weighted by molar-refractivity contribution is -0.116. The Balaban J connectivity index is 1.72. The zero-order valence-electron chi connectivity index (χ0n) is 13.3. The van der Waals surface area contributed by atoms with Gasteiger partial charge in [-0.15, -0.1) is 11.8 Å².